The lowest BCUT2D eigenvalue weighted by Gasteiger charge is -2.19. The Balaban J connectivity index is 2.07. The third-order valence-electron chi connectivity index (χ3n) is 4.71. The van der Waals surface area contributed by atoms with Crippen LogP contribution in [0.2, 0.25) is 5.15 Å². The van der Waals surface area contributed by atoms with Gasteiger partial charge in [0, 0.05) is 11.8 Å². The van der Waals surface area contributed by atoms with Crippen molar-refractivity contribution in [3.8, 4) is 0 Å². The van der Waals surface area contributed by atoms with Gasteiger partial charge < -0.3 is 0 Å². The summed E-state index contributed by atoms with van der Waals surface area (Å²) in [4.78, 5) is 17.0. The molecule has 3 aromatic rings. The molecule has 28 heavy (non-hydrogen) atoms. The first-order valence-corrected chi connectivity index (χ1v) is 9.67. The number of carbonyl (C=O) groups excluding carboxylic acids is 1. The van der Waals surface area contributed by atoms with Crippen LogP contribution in [0.25, 0.3) is 5.57 Å². The average Bonchev–Trinajstić information content (AvgIpc) is 2.66. The highest BCUT2D eigenvalue weighted by Crippen LogP contribution is 2.29. The lowest BCUT2D eigenvalue weighted by molar-refractivity contribution is 0.104. The molecule has 0 aliphatic heterocycles. The van der Waals surface area contributed by atoms with Gasteiger partial charge >= 0.3 is 0 Å². The van der Waals surface area contributed by atoms with E-state index in [0.717, 1.165) is 22.3 Å². The van der Waals surface area contributed by atoms with E-state index in [9.17, 15) is 4.79 Å². The Morgan fingerprint density at radius 2 is 1.50 bits per heavy atom. The fourth-order valence-corrected chi connectivity index (χ4v) is 3.16. The predicted molar refractivity (Wildman–Crippen MR) is 117 cm³/mol. The Kier molecular flexibility index (Phi) is 5.81. The summed E-state index contributed by atoms with van der Waals surface area (Å²) >= 11 is 6.11. The summed E-state index contributed by atoms with van der Waals surface area (Å²) in [5.41, 5.74) is 5.76. The first kappa shape index (κ1) is 20.0. The molecule has 3 rings (SSSR count). The van der Waals surface area contributed by atoms with Crippen molar-refractivity contribution in [1.29, 1.82) is 0 Å². The van der Waals surface area contributed by atoms with Crippen LogP contribution in [0, 0.1) is 6.92 Å². The summed E-state index contributed by atoms with van der Waals surface area (Å²) in [5.74, 6) is -0.0390. The second kappa shape index (κ2) is 8.12. The van der Waals surface area contributed by atoms with Crippen LogP contribution < -0.4 is 0 Å². The molecule has 0 saturated heterocycles. The molecule has 0 unspecified atom stereocenters. The van der Waals surface area contributed by atoms with E-state index in [4.69, 9.17) is 11.6 Å². The van der Waals surface area contributed by atoms with Gasteiger partial charge in [0.05, 0.1) is 0 Å². The standard InChI is InChI=1S/C25H24ClNO/c1-17-5-7-19(8-6-17)23(28)16-22(20-13-14-27-24(26)15-20)18-9-11-21(12-10-18)25(2,3)4/h5-16H,1-4H3/b22-16+. The van der Waals surface area contributed by atoms with Crippen molar-refractivity contribution in [2.75, 3.05) is 0 Å². The molecule has 0 fully saturated rings. The molecule has 0 atom stereocenters. The number of allylic oxidation sites excluding steroid dienone is 1. The normalized spacial score (nSPS) is 12.1. The van der Waals surface area contributed by atoms with E-state index in [1.54, 1.807) is 18.3 Å². The summed E-state index contributed by atoms with van der Waals surface area (Å²) in [6.45, 7) is 8.55. The molecule has 0 aliphatic rings. The van der Waals surface area contributed by atoms with Crippen LogP contribution in [0.1, 0.15) is 53.4 Å². The highest BCUT2D eigenvalue weighted by atomic mass is 35.5. The first-order chi connectivity index (χ1) is 13.2. The van der Waals surface area contributed by atoms with E-state index < -0.39 is 0 Å². The maximum Gasteiger partial charge on any atom is 0.186 e. The number of aromatic nitrogens is 1. The van der Waals surface area contributed by atoms with Gasteiger partial charge in [-0.3, -0.25) is 4.79 Å². The van der Waals surface area contributed by atoms with Crippen molar-refractivity contribution in [2.45, 2.75) is 33.1 Å². The summed E-state index contributed by atoms with van der Waals surface area (Å²) in [7, 11) is 0. The van der Waals surface area contributed by atoms with E-state index in [1.165, 1.54) is 5.56 Å². The molecule has 0 N–H and O–H groups in total. The zero-order valence-corrected chi connectivity index (χ0v) is 17.4. The van der Waals surface area contributed by atoms with Crippen LogP contribution in [0.3, 0.4) is 0 Å². The first-order valence-electron chi connectivity index (χ1n) is 9.29. The summed E-state index contributed by atoms with van der Waals surface area (Å²) in [6.07, 6.45) is 3.34. The SMILES string of the molecule is Cc1ccc(C(=O)/C=C(\c2ccc(C(C)(C)C)cc2)c2ccnc(Cl)c2)cc1. The monoisotopic (exact) mass is 389 g/mol. The minimum absolute atomic E-state index is 0.0390. The number of nitrogens with zero attached hydrogens (tertiary/aromatic N) is 1. The van der Waals surface area contributed by atoms with Crippen LogP contribution >= 0.6 is 11.6 Å². The minimum Gasteiger partial charge on any atom is -0.289 e. The molecule has 3 heteroatoms. The third-order valence-corrected chi connectivity index (χ3v) is 4.92. The van der Waals surface area contributed by atoms with Gasteiger partial charge in [0.15, 0.2) is 5.78 Å². The van der Waals surface area contributed by atoms with E-state index in [0.29, 0.717) is 10.7 Å². The molecule has 2 nitrogen and oxygen atoms in total. The van der Waals surface area contributed by atoms with Crippen molar-refractivity contribution >= 4 is 23.0 Å². The number of benzene rings is 2. The Morgan fingerprint density at radius 3 is 2.07 bits per heavy atom. The molecule has 1 aromatic heterocycles. The van der Waals surface area contributed by atoms with E-state index >= 15 is 0 Å². The van der Waals surface area contributed by atoms with Crippen molar-refractivity contribution in [3.05, 3.63) is 106 Å². The van der Waals surface area contributed by atoms with Gasteiger partial charge in [-0.1, -0.05) is 86.5 Å². The number of pyridine rings is 1. The maximum absolute atomic E-state index is 12.9. The molecule has 0 spiro atoms. The van der Waals surface area contributed by atoms with Gasteiger partial charge in [0.25, 0.3) is 0 Å². The topological polar surface area (TPSA) is 30.0 Å². The molecule has 0 amide bonds. The molecular formula is C25H24ClNO. The number of hydrogen-bond donors (Lipinski definition) is 0. The lowest BCUT2D eigenvalue weighted by atomic mass is 9.85. The molecule has 0 saturated carbocycles. The zero-order valence-electron chi connectivity index (χ0n) is 16.7. The molecule has 142 valence electrons. The van der Waals surface area contributed by atoms with E-state index in [1.807, 2.05) is 37.3 Å². The molecule has 2 aromatic carbocycles. The van der Waals surface area contributed by atoms with E-state index in [2.05, 4.69) is 50.0 Å². The van der Waals surface area contributed by atoms with Crippen LogP contribution in [0.5, 0.6) is 0 Å². The molecule has 0 aliphatic carbocycles. The highest BCUT2D eigenvalue weighted by molar-refractivity contribution is 6.29. The van der Waals surface area contributed by atoms with Gasteiger partial charge in [-0.25, -0.2) is 4.98 Å². The fourth-order valence-electron chi connectivity index (χ4n) is 2.99. The Labute approximate surface area is 171 Å². The minimum atomic E-state index is -0.0390. The van der Waals surface area contributed by atoms with Gasteiger partial charge in [-0.2, -0.15) is 0 Å². The smallest absolute Gasteiger partial charge is 0.186 e. The number of halogens is 1. The number of carbonyl (C=O) groups is 1. The van der Waals surface area contributed by atoms with Crippen LogP contribution in [0.4, 0.5) is 0 Å². The van der Waals surface area contributed by atoms with Crippen LogP contribution in [0.15, 0.2) is 72.9 Å². The third kappa shape index (κ3) is 4.76. The lowest BCUT2D eigenvalue weighted by Crippen LogP contribution is -2.10. The van der Waals surface area contributed by atoms with Crippen LogP contribution in [-0.2, 0) is 5.41 Å². The van der Waals surface area contributed by atoms with Crippen molar-refractivity contribution in [3.63, 3.8) is 0 Å². The van der Waals surface area contributed by atoms with Crippen LogP contribution in [-0.4, -0.2) is 10.8 Å². The Bertz CT molecular complexity index is 1010. The second-order valence-corrected chi connectivity index (χ2v) is 8.37. The van der Waals surface area contributed by atoms with Gasteiger partial charge in [-0.15, -0.1) is 0 Å². The zero-order chi connectivity index (χ0) is 20.3. The summed E-state index contributed by atoms with van der Waals surface area (Å²) in [5, 5.41) is 0.400. The van der Waals surface area contributed by atoms with Gasteiger partial charge in [0.1, 0.15) is 5.15 Å². The van der Waals surface area contributed by atoms with Crippen molar-refractivity contribution < 1.29 is 4.79 Å². The Morgan fingerprint density at radius 1 is 0.893 bits per heavy atom. The predicted octanol–water partition coefficient (Wildman–Crippen LogP) is 6.66. The average molecular weight is 390 g/mol. The highest BCUT2D eigenvalue weighted by Gasteiger charge is 2.15. The molecule has 0 radical (unpaired) electrons. The largest absolute Gasteiger partial charge is 0.289 e. The maximum atomic E-state index is 12.9. The number of aryl methyl sites for hydroxylation is 1. The summed E-state index contributed by atoms with van der Waals surface area (Å²) < 4.78 is 0. The molecule has 0 bridgehead atoms. The van der Waals surface area contributed by atoms with Crippen molar-refractivity contribution in [1.82, 2.24) is 4.98 Å². The quantitative estimate of drug-likeness (QED) is 0.284. The van der Waals surface area contributed by atoms with Gasteiger partial charge in [-0.05, 0) is 52.8 Å². The number of hydrogen-bond acceptors (Lipinski definition) is 2. The number of rotatable bonds is 4. The van der Waals surface area contributed by atoms with Crippen molar-refractivity contribution in [2.24, 2.45) is 0 Å². The fraction of sp³-hybridized carbons (Fsp3) is 0.200. The molecule has 1 heterocycles. The number of ketones is 1. The summed E-state index contributed by atoms with van der Waals surface area (Å²) in [6, 6.07) is 19.6. The van der Waals surface area contributed by atoms with E-state index in [-0.39, 0.29) is 11.2 Å². The van der Waals surface area contributed by atoms with Gasteiger partial charge in [0.2, 0.25) is 0 Å². The Hall–Kier alpha value is -2.71. The molecular weight excluding hydrogens is 366 g/mol. The second-order valence-electron chi connectivity index (χ2n) is 7.98.